The van der Waals surface area contributed by atoms with E-state index in [1.54, 1.807) is 18.9 Å². The molecule has 0 saturated heterocycles. The van der Waals surface area contributed by atoms with Crippen LogP contribution in [0.5, 0.6) is 0 Å². The van der Waals surface area contributed by atoms with Crippen LogP contribution in [0, 0.1) is 13.8 Å². The van der Waals surface area contributed by atoms with Crippen LogP contribution in [-0.4, -0.2) is 42.3 Å². The summed E-state index contributed by atoms with van der Waals surface area (Å²) in [7, 11) is 1.66. The zero-order valence-electron chi connectivity index (χ0n) is 19.4. The van der Waals surface area contributed by atoms with Gasteiger partial charge in [0.2, 0.25) is 0 Å². The minimum atomic E-state index is 0.0266. The molecule has 1 amide bonds. The van der Waals surface area contributed by atoms with Crippen molar-refractivity contribution < 1.29 is 9.53 Å². The van der Waals surface area contributed by atoms with Gasteiger partial charge in [-0.15, -0.1) is 23.1 Å². The minimum absolute atomic E-state index is 0.0266. The molecule has 0 saturated carbocycles. The highest BCUT2D eigenvalue weighted by molar-refractivity contribution is 7.98. The molecule has 0 radical (unpaired) electrons. The average Bonchev–Trinajstić information content (AvgIpc) is 3.27. The summed E-state index contributed by atoms with van der Waals surface area (Å²) in [4.78, 5) is 23.4. The molecule has 2 heterocycles. The maximum atomic E-state index is 13.4. The van der Waals surface area contributed by atoms with Gasteiger partial charge in [0.1, 0.15) is 0 Å². The summed E-state index contributed by atoms with van der Waals surface area (Å²) >= 11 is 3.24. The number of benzene rings is 2. The molecule has 0 unspecified atom stereocenters. The van der Waals surface area contributed by atoms with Crippen LogP contribution in [0.15, 0.2) is 65.6 Å². The van der Waals surface area contributed by atoms with Gasteiger partial charge in [0, 0.05) is 40.9 Å². The second-order valence-corrected chi connectivity index (χ2v) is 10.2. The second kappa shape index (κ2) is 10.5. The van der Waals surface area contributed by atoms with Gasteiger partial charge in [0.15, 0.2) is 0 Å². The number of fused-ring (bicyclic) bond motifs is 1. The van der Waals surface area contributed by atoms with Crippen molar-refractivity contribution >= 4 is 39.9 Å². The highest BCUT2D eigenvalue weighted by atomic mass is 32.2. The van der Waals surface area contributed by atoms with E-state index in [1.807, 2.05) is 36.1 Å². The van der Waals surface area contributed by atoms with Crippen LogP contribution < -0.4 is 0 Å². The number of ether oxygens (including phenoxy) is 1. The van der Waals surface area contributed by atoms with Gasteiger partial charge in [0.25, 0.3) is 5.91 Å². The summed E-state index contributed by atoms with van der Waals surface area (Å²) in [6.45, 7) is 5.59. The Kier molecular flexibility index (Phi) is 7.48. The topological polar surface area (TPSA) is 42.4 Å². The first-order chi connectivity index (χ1) is 16.0. The van der Waals surface area contributed by atoms with E-state index in [2.05, 4.69) is 49.6 Å². The zero-order valence-corrected chi connectivity index (χ0v) is 21.1. The molecule has 0 bridgehead atoms. The second-order valence-electron chi connectivity index (χ2n) is 8.00. The van der Waals surface area contributed by atoms with Crippen LogP contribution >= 0.6 is 23.1 Å². The van der Waals surface area contributed by atoms with Crippen molar-refractivity contribution in [3.05, 3.63) is 81.5 Å². The summed E-state index contributed by atoms with van der Waals surface area (Å²) in [6.07, 6.45) is 2.07. The summed E-state index contributed by atoms with van der Waals surface area (Å²) in [5, 5.41) is 1.08. The van der Waals surface area contributed by atoms with Gasteiger partial charge in [-0.1, -0.05) is 30.3 Å². The van der Waals surface area contributed by atoms with Crippen molar-refractivity contribution in [1.29, 1.82) is 0 Å². The molecule has 0 aliphatic rings. The van der Waals surface area contributed by atoms with Gasteiger partial charge in [-0.3, -0.25) is 4.79 Å². The van der Waals surface area contributed by atoms with E-state index >= 15 is 0 Å². The van der Waals surface area contributed by atoms with Crippen molar-refractivity contribution in [2.75, 3.05) is 26.5 Å². The summed E-state index contributed by atoms with van der Waals surface area (Å²) in [6, 6.07) is 20.7. The monoisotopic (exact) mass is 476 g/mol. The molecule has 0 N–H and O–H groups in total. The van der Waals surface area contributed by atoms with Gasteiger partial charge in [0.05, 0.1) is 22.7 Å². The quantitative estimate of drug-likeness (QED) is 0.269. The molecule has 0 spiro atoms. The minimum Gasteiger partial charge on any atom is -0.383 e. The van der Waals surface area contributed by atoms with E-state index in [4.69, 9.17) is 9.72 Å². The van der Waals surface area contributed by atoms with E-state index in [0.717, 1.165) is 43.0 Å². The number of pyridine rings is 1. The van der Waals surface area contributed by atoms with Crippen molar-refractivity contribution in [3.63, 3.8) is 0 Å². The lowest BCUT2D eigenvalue weighted by molar-refractivity contribution is 0.0685. The number of thiophene rings is 1. The smallest absolute Gasteiger partial charge is 0.264 e. The van der Waals surface area contributed by atoms with Gasteiger partial charge in [-0.2, -0.15) is 0 Å². The molecule has 170 valence electrons. The largest absolute Gasteiger partial charge is 0.383 e. The molecular weight excluding hydrogens is 448 g/mol. The molecule has 0 atom stereocenters. The van der Waals surface area contributed by atoms with Crippen molar-refractivity contribution in [2.24, 2.45) is 0 Å². The molecular formula is C27H28N2O2S2. The SMILES string of the molecule is COCCN(Cc1cc2ccc(SC)cc2nc1-c1ccccc1C)C(=O)c1ccc(C)s1. The van der Waals surface area contributed by atoms with Crippen LogP contribution in [0.25, 0.3) is 22.2 Å². The fourth-order valence-electron chi connectivity index (χ4n) is 3.87. The molecule has 0 aliphatic carbocycles. The predicted molar refractivity (Wildman–Crippen MR) is 139 cm³/mol. The first-order valence-electron chi connectivity index (χ1n) is 10.9. The van der Waals surface area contributed by atoms with Gasteiger partial charge in [-0.05, 0) is 61.6 Å². The number of rotatable bonds is 8. The van der Waals surface area contributed by atoms with E-state index in [9.17, 15) is 4.79 Å². The molecule has 2 aromatic carbocycles. The van der Waals surface area contributed by atoms with Crippen LogP contribution in [0.2, 0.25) is 0 Å². The number of carbonyl (C=O) groups is 1. The molecule has 2 aromatic heterocycles. The Morgan fingerprint density at radius 2 is 1.91 bits per heavy atom. The lowest BCUT2D eigenvalue weighted by Gasteiger charge is -2.24. The third-order valence-electron chi connectivity index (χ3n) is 5.67. The van der Waals surface area contributed by atoms with Crippen LogP contribution in [0.1, 0.15) is 25.7 Å². The van der Waals surface area contributed by atoms with E-state index in [0.29, 0.717) is 19.7 Å². The fourth-order valence-corrected chi connectivity index (χ4v) is 5.14. The Labute approximate surface area is 203 Å². The maximum Gasteiger partial charge on any atom is 0.264 e. The van der Waals surface area contributed by atoms with E-state index in [1.165, 1.54) is 16.2 Å². The van der Waals surface area contributed by atoms with E-state index in [-0.39, 0.29) is 5.91 Å². The fraction of sp³-hybridized carbons (Fsp3) is 0.259. The number of aryl methyl sites for hydroxylation is 2. The predicted octanol–water partition coefficient (Wildman–Crippen LogP) is 6.59. The number of nitrogens with zero attached hydrogens (tertiary/aromatic N) is 2. The Balaban J connectivity index is 1.81. The molecule has 6 heteroatoms. The molecule has 4 nitrogen and oxygen atoms in total. The van der Waals surface area contributed by atoms with Crippen LogP contribution in [0.3, 0.4) is 0 Å². The van der Waals surface area contributed by atoms with Gasteiger partial charge < -0.3 is 9.64 Å². The lowest BCUT2D eigenvalue weighted by atomic mass is 9.99. The number of amides is 1. The normalized spacial score (nSPS) is 11.2. The zero-order chi connectivity index (χ0) is 23.4. The highest BCUT2D eigenvalue weighted by Crippen LogP contribution is 2.31. The first kappa shape index (κ1) is 23.5. The first-order valence-corrected chi connectivity index (χ1v) is 12.9. The maximum absolute atomic E-state index is 13.4. The van der Waals surface area contributed by atoms with Crippen molar-refractivity contribution in [3.8, 4) is 11.3 Å². The molecule has 4 rings (SSSR count). The van der Waals surface area contributed by atoms with Crippen molar-refractivity contribution in [2.45, 2.75) is 25.3 Å². The Hall–Kier alpha value is -2.67. The van der Waals surface area contributed by atoms with Gasteiger partial charge in [-0.25, -0.2) is 4.98 Å². The number of aromatic nitrogens is 1. The summed E-state index contributed by atoms with van der Waals surface area (Å²) in [5.41, 5.74) is 5.18. The average molecular weight is 477 g/mol. The van der Waals surface area contributed by atoms with Crippen molar-refractivity contribution in [1.82, 2.24) is 9.88 Å². The molecule has 4 aromatic rings. The van der Waals surface area contributed by atoms with Crippen LogP contribution in [0.4, 0.5) is 0 Å². The number of methoxy groups -OCH3 is 1. The Morgan fingerprint density at radius 3 is 2.61 bits per heavy atom. The third-order valence-corrected chi connectivity index (χ3v) is 7.38. The number of hydrogen-bond acceptors (Lipinski definition) is 5. The lowest BCUT2D eigenvalue weighted by Crippen LogP contribution is -2.33. The molecule has 33 heavy (non-hydrogen) atoms. The van der Waals surface area contributed by atoms with E-state index < -0.39 is 0 Å². The third kappa shape index (κ3) is 5.29. The highest BCUT2D eigenvalue weighted by Gasteiger charge is 2.21. The summed E-state index contributed by atoms with van der Waals surface area (Å²) in [5.74, 6) is 0.0266. The standard InChI is InChI=1S/C27H28N2O2S2/c1-18-7-5-6-8-23(18)26-21(15-20-10-11-22(32-4)16-24(20)28-26)17-29(13-14-31-3)27(30)25-12-9-19(2)33-25/h5-12,15-16H,13-14,17H2,1-4H3. The Bertz CT molecular complexity index is 1280. The summed E-state index contributed by atoms with van der Waals surface area (Å²) < 4.78 is 5.32. The number of thioether (sulfide) groups is 1. The molecule has 0 aliphatic heterocycles. The Morgan fingerprint density at radius 1 is 1.09 bits per heavy atom. The van der Waals surface area contributed by atoms with Crippen LogP contribution in [-0.2, 0) is 11.3 Å². The number of hydrogen-bond donors (Lipinski definition) is 0. The van der Waals surface area contributed by atoms with Gasteiger partial charge >= 0.3 is 0 Å². The molecule has 0 fully saturated rings. The number of carbonyl (C=O) groups excluding carboxylic acids is 1.